The molecule has 9 nitrogen and oxygen atoms in total. The molecular weight excluding hydrogens is 530 g/mol. The van der Waals surface area contributed by atoms with Crippen molar-refractivity contribution in [3.05, 3.63) is 47.3 Å². The lowest BCUT2D eigenvalue weighted by molar-refractivity contribution is -0.129. The molecule has 4 heterocycles. The van der Waals surface area contributed by atoms with Gasteiger partial charge in [0.05, 0.1) is 24.8 Å². The number of rotatable bonds is 9. The van der Waals surface area contributed by atoms with Gasteiger partial charge in [-0.3, -0.25) is 19.5 Å². The number of carbonyl (C=O) groups excluding carboxylic acids is 2. The molecule has 0 bridgehead atoms. The minimum Gasteiger partial charge on any atom is -0.381 e. The lowest BCUT2D eigenvalue weighted by Gasteiger charge is -2.37. The molecule has 0 saturated carbocycles. The molecule has 2 aromatic rings. The van der Waals surface area contributed by atoms with Gasteiger partial charge in [0, 0.05) is 81.0 Å². The Kier molecular flexibility index (Phi) is 10.1. The molecule has 3 fully saturated rings. The first-order chi connectivity index (χ1) is 20.3. The van der Waals surface area contributed by atoms with E-state index in [4.69, 9.17) is 14.5 Å². The summed E-state index contributed by atoms with van der Waals surface area (Å²) >= 11 is 0. The maximum atomic E-state index is 13.8. The Bertz CT molecular complexity index is 1220. The van der Waals surface area contributed by atoms with Crippen molar-refractivity contribution in [3.63, 3.8) is 0 Å². The summed E-state index contributed by atoms with van der Waals surface area (Å²) < 4.78 is 11.1. The van der Waals surface area contributed by atoms with E-state index in [0.29, 0.717) is 18.2 Å². The van der Waals surface area contributed by atoms with E-state index in [0.717, 1.165) is 99.9 Å². The van der Waals surface area contributed by atoms with Gasteiger partial charge in [0.15, 0.2) is 0 Å². The lowest BCUT2D eigenvalue weighted by atomic mass is 9.84. The van der Waals surface area contributed by atoms with Gasteiger partial charge in [-0.1, -0.05) is 13.0 Å². The minimum absolute atomic E-state index is 0.0210. The Morgan fingerprint density at radius 1 is 1.10 bits per heavy atom. The van der Waals surface area contributed by atoms with Crippen molar-refractivity contribution in [1.82, 2.24) is 20.5 Å². The van der Waals surface area contributed by atoms with Crippen LogP contribution in [0.2, 0.25) is 0 Å². The van der Waals surface area contributed by atoms with Crippen LogP contribution in [0.3, 0.4) is 0 Å². The summed E-state index contributed by atoms with van der Waals surface area (Å²) in [5.41, 5.74) is 5.64. The highest BCUT2D eigenvalue weighted by molar-refractivity contribution is 5.99. The molecule has 2 N–H and O–H groups in total. The minimum atomic E-state index is -0.231. The first-order valence-corrected chi connectivity index (χ1v) is 15.7. The number of morpholine rings is 1. The Labute approximate surface area is 250 Å². The zero-order valence-electron chi connectivity index (χ0n) is 25.7. The summed E-state index contributed by atoms with van der Waals surface area (Å²) in [6, 6.07) is 8.92. The SMILES string of the molecule is CCN(c1cc(-c2ccc(CN3CCOCC3)nc2)cc(C(=O)NCC2C(=O)NC(C)CC2C)c1C)C1CCOCC1. The average molecular weight is 578 g/mol. The van der Waals surface area contributed by atoms with Crippen LogP contribution >= 0.6 is 0 Å². The van der Waals surface area contributed by atoms with E-state index < -0.39 is 0 Å². The number of nitrogens with one attached hydrogen (secondary N) is 2. The molecule has 0 spiro atoms. The van der Waals surface area contributed by atoms with E-state index in [9.17, 15) is 9.59 Å². The van der Waals surface area contributed by atoms with Gasteiger partial charge in [0.25, 0.3) is 5.91 Å². The fourth-order valence-electron chi connectivity index (χ4n) is 6.68. The number of nitrogens with zero attached hydrogens (tertiary/aromatic N) is 3. The van der Waals surface area contributed by atoms with Crippen LogP contribution in [0, 0.1) is 18.8 Å². The van der Waals surface area contributed by atoms with Gasteiger partial charge in [-0.15, -0.1) is 0 Å². The standard InChI is InChI=1S/C33H47N5O4/c1-5-38(28-8-12-41-13-9-28)31-18-26(25-6-7-27(34-19-25)21-37-10-14-42-15-11-37)17-29(24(31)4)32(39)35-20-30-22(2)16-23(3)36-33(30)40/h6-7,17-19,22-23,28,30H,5,8-16,20-21H2,1-4H3,(H,35,39)(H,36,40). The molecule has 3 atom stereocenters. The third-order valence-electron chi connectivity index (χ3n) is 9.17. The second kappa shape index (κ2) is 14.0. The molecule has 3 unspecified atom stereocenters. The number of ether oxygens (including phenoxy) is 2. The normalized spacial score (nSPS) is 23.8. The van der Waals surface area contributed by atoms with Gasteiger partial charge in [-0.2, -0.15) is 0 Å². The van der Waals surface area contributed by atoms with Crippen molar-refractivity contribution in [2.24, 2.45) is 11.8 Å². The van der Waals surface area contributed by atoms with Gasteiger partial charge in [0.1, 0.15) is 0 Å². The molecule has 228 valence electrons. The summed E-state index contributed by atoms with van der Waals surface area (Å²) in [6.07, 6.45) is 4.76. The summed E-state index contributed by atoms with van der Waals surface area (Å²) in [5, 5.41) is 6.15. The van der Waals surface area contributed by atoms with E-state index in [2.05, 4.69) is 52.5 Å². The average Bonchev–Trinajstić information content (AvgIpc) is 2.99. The van der Waals surface area contributed by atoms with Crippen LogP contribution in [0.4, 0.5) is 5.69 Å². The molecule has 3 aliphatic rings. The molecule has 3 aliphatic heterocycles. The van der Waals surface area contributed by atoms with Gasteiger partial charge in [0.2, 0.25) is 5.91 Å². The Hall–Kier alpha value is -3.01. The zero-order valence-corrected chi connectivity index (χ0v) is 25.7. The second-order valence-corrected chi connectivity index (χ2v) is 12.2. The number of pyridine rings is 1. The number of anilines is 1. The van der Waals surface area contributed by atoms with Crippen LogP contribution in [-0.2, 0) is 20.8 Å². The molecule has 1 aromatic heterocycles. The van der Waals surface area contributed by atoms with Crippen molar-refractivity contribution < 1.29 is 19.1 Å². The first-order valence-electron chi connectivity index (χ1n) is 15.7. The molecule has 42 heavy (non-hydrogen) atoms. The van der Waals surface area contributed by atoms with Crippen LogP contribution in [0.25, 0.3) is 11.1 Å². The molecule has 3 saturated heterocycles. The summed E-state index contributed by atoms with van der Waals surface area (Å²) in [7, 11) is 0. The Balaban J connectivity index is 1.42. The van der Waals surface area contributed by atoms with Crippen LogP contribution in [0.15, 0.2) is 30.5 Å². The molecule has 0 aliphatic carbocycles. The Morgan fingerprint density at radius 3 is 2.50 bits per heavy atom. The maximum absolute atomic E-state index is 13.8. The summed E-state index contributed by atoms with van der Waals surface area (Å²) in [5.74, 6) is -0.143. The predicted octanol–water partition coefficient (Wildman–Crippen LogP) is 3.79. The quantitative estimate of drug-likeness (QED) is 0.468. The molecular formula is C33H47N5O4. The maximum Gasteiger partial charge on any atom is 0.251 e. The van der Waals surface area contributed by atoms with Crippen molar-refractivity contribution in [2.45, 2.75) is 65.6 Å². The second-order valence-electron chi connectivity index (χ2n) is 12.2. The van der Waals surface area contributed by atoms with E-state index in [-0.39, 0.29) is 29.7 Å². The van der Waals surface area contributed by atoms with Crippen molar-refractivity contribution in [2.75, 3.05) is 57.5 Å². The van der Waals surface area contributed by atoms with Crippen LogP contribution < -0.4 is 15.5 Å². The summed E-state index contributed by atoms with van der Waals surface area (Å²) in [4.78, 5) is 36.0. The lowest BCUT2D eigenvalue weighted by Crippen LogP contribution is -2.50. The zero-order chi connectivity index (χ0) is 29.6. The number of hydrogen-bond donors (Lipinski definition) is 2. The number of amides is 2. The molecule has 2 amide bonds. The van der Waals surface area contributed by atoms with Gasteiger partial charge >= 0.3 is 0 Å². The van der Waals surface area contributed by atoms with Crippen molar-refractivity contribution in [1.29, 1.82) is 0 Å². The monoisotopic (exact) mass is 577 g/mol. The van der Waals surface area contributed by atoms with Crippen LogP contribution in [-0.4, -0.2) is 86.4 Å². The number of piperidine rings is 1. The topological polar surface area (TPSA) is 96.0 Å². The van der Waals surface area contributed by atoms with Crippen molar-refractivity contribution in [3.8, 4) is 11.1 Å². The van der Waals surface area contributed by atoms with E-state index in [1.807, 2.05) is 26.1 Å². The molecule has 9 heteroatoms. The van der Waals surface area contributed by atoms with Gasteiger partial charge < -0.3 is 25.0 Å². The first kappa shape index (κ1) is 30.4. The van der Waals surface area contributed by atoms with Crippen LogP contribution in [0.1, 0.15) is 61.6 Å². The summed E-state index contributed by atoms with van der Waals surface area (Å²) in [6.45, 7) is 15.2. The van der Waals surface area contributed by atoms with Crippen molar-refractivity contribution >= 4 is 17.5 Å². The number of carbonyl (C=O) groups is 2. The fourth-order valence-corrected chi connectivity index (χ4v) is 6.68. The van der Waals surface area contributed by atoms with E-state index >= 15 is 0 Å². The molecule has 0 radical (unpaired) electrons. The highest BCUT2D eigenvalue weighted by Gasteiger charge is 2.33. The number of benzene rings is 1. The largest absolute Gasteiger partial charge is 0.381 e. The van der Waals surface area contributed by atoms with E-state index in [1.54, 1.807) is 0 Å². The van der Waals surface area contributed by atoms with Gasteiger partial charge in [-0.25, -0.2) is 0 Å². The molecule has 5 rings (SSSR count). The number of hydrogen-bond acceptors (Lipinski definition) is 7. The predicted molar refractivity (Wildman–Crippen MR) is 165 cm³/mol. The molecule has 1 aromatic carbocycles. The number of aromatic nitrogens is 1. The third-order valence-corrected chi connectivity index (χ3v) is 9.17. The van der Waals surface area contributed by atoms with Gasteiger partial charge in [-0.05, 0) is 75.3 Å². The highest BCUT2D eigenvalue weighted by Crippen LogP contribution is 2.34. The highest BCUT2D eigenvalue weighted by atomic mass is 16.5. The third kappa shape index (κ3) is 7.13. The van der Waals surface area contributed by atoms with E-state index in [1.165, 1.54) is 0 Å². The fraction of sp³-hybridized carbons (Fsp3) is 0.606. The Morgan fingerprint density at radius 2 is 1.83 bits per heavy atom. The van der Waals surface area contributed by atoms with Crippen LogP contribution in [0.5, 0.6) is 0 Å². The smallest absolute Gasteiger partial charge is 0.251 e.